The van der Waals surface area contributed by atoms with E-state index in [4.69, 9.17) is 0 Å². The molecular formula is C25H27F3N4O2. The minimum absolute atomic E-state index is 0.118. The number of hydrogen-bond acceptors (Lipinski definition) is 4. The van der Waals surface area contributed by atoms with Crippen molar-refractivity contribution in [3.63, 3.8) is 0 Å². The monoisotopic (exact) mass is 472 g/mol. The Bertz CT molecular complexity index is 1200. The lowest BCUT2D eigenvalue weighted by Gasteiger charge is -2.62. The molecule has 2 heterocycles. The molecule has 5 aliphatic rings. The number of rotatable bonds is 6. The number of aromatic nitrogens is 1. The average molecular weight is 473 g/mol. The van der Waals surface area contributed by atoms with Gasteiger partial charge in [-0.25, -0.2) is 0 Å². The van der Waals surface area contributed by atoms with E-state index < -0.39 is 23.7 Å². The Morgan fingerprint density at radius 1 is 1.18 bits per heavy atom. The van der Waals surface area contributed by atoms with Gasteiger partial charge in [-0.15, -0.1) is 0 Å². The number of pyridine rings is 1. The summed E-state index contributed by atoms with van der Waals surface area (Å²) in [4.78, 5) is 26.4. The van der Waals surface area contributed by atoms with Crippen molar-refractivity contribution in [1.29, 1.82) is 0 Å². The average Bonchev–Trinajstić information content (AvgIpc) is 3.13. The molecule has 7 rings (SSSR count). The number of carbonyl (C=O) groups is 1. The number of alkyl halides is 3. The van der Waals surface area contributed by atoms with Crippen LogP contribution in [0.3, 0.4) is 0 Å². The van der Waals surface area contributed by atoms with Crippen LogP contribution >= 0.6 is 0 Å². The van der Waals surface area contributed by atoms with Crippen molar-refractivity contribution in [3.05, 3.63) is 63.6 Å². The van der Waals surface area contributed by atoms with Gasteiger partial charge < -0.3 is 20.5 Å². The molecule has 1 aromatic carbocycles. The van der Waals surface area contributed by atoms with Crippen LogP contribution in [-0.4, -0.2) is 29.6 Å². The highest BCUT2D eigenvalue weighted by Crippen LogP contribution is 2.61. The second-order valence-electron chi connectivity index (χ2n) is 10.5. The molecule has 1 aromatic heterocycles. The number of piperidine rings is 1. The van der Waals surface area contributed by atoms with Crippen LogP contribution in [0.1, 0.15) is 53.7 Å². The predicted octanol–water partition coefficient (Wildman–Crippen LogP) is 3.50. The minimum atomic E-state index is -4.45. The third-order valence-electron chi connectivity index (χ3n) is 8.29. The molecule has 0 radical (unpaired) electrons. The molecule has 6 nitrogen and oxygen atoms in total. The molecule has 34 heavy (non-hydrogen) atoms. The van der Waals surface area contributed by atoms with Crippen LogP contribution in [0.4, 0.5) is 18.9 Å². The van der Waals surface area contributed by atoms with E-state index in [1.165, 1.54) is 12.1 Å². The lowest BCUT2D eigenvalue weighted by atomic mass is 9.49. The zero-order valence-electron chi connectivity index (χ0n) is 18.8. The summed E-state index contributed by atoms with van der Waals surface area (Å²) in [5, 5.41) is 9.59. The predicted molar refractivity (Wildman–Crippen MR) is 121 cm³/mol. The summed E-state index contributed by atoms with van der Waals surface area (Å²) in [6.07, 6.45) is 0.0797. The first kappa shape index (κ1) is 21.7. The van der Waals surface area contributed by atoms with Gasteiger partial charge in [-0.1, -0.05) is 12.1 Å². The number of halogens is 3. The van der Waals surface area contributed by atoms with Gasteiger partial charge in [0.25, 0.3) is 11.5 Å². The molecule has 9 heteroatoms. The van der Waals surface area contributed by atoms with E-state index in [0.29, 0.717) is 34.6 Å². The van der Waals surface area contributed by atoms with E-state index in [1.807, 2.05) is 0 Å². The first-order chi connectivity index (χ1) is 16.1. The number of nitrogens with one attached hydrogen (secondary N) is 3. The maximum absolute atomic E-state index is 13.4. The molecule has 1 saturated heterocycles. The summed E-state index contributed by atoms with van der Waals surface area (Å²) in [6, 6.07) is 6.09. The first-order valence-corrected chi connectivity index (χ1v) is 11.9. The Hall–Kier alpha value is -2.81. The molecule has 1 aliphatic heterocycles. The number of fused-ring (bicyclic) bond motifs is 1. The van der Waals surface area contributed by atoms with Gasteiger partial charge in [0, 0.05) is 36.9 Å². The highest BCUT2D eigenvalue weighted by molar-refractivity contribution is 5.99. The van der Waals surface area contributed by atoms with E-state index in [1.54, 1.807) is 23.8 Å². The van der Waals surface area contributed by atoms with Gasteiger partial charge in [-0.2, -0.15) is 13.2 Å². The van der Waals surface area contributed by atoms with Gasteiger partial charge in [-0.3, -0.25) is 9.59 Å². The van der Waals surface area contributed by atoms with E-state index in [9.17, 15) is 22.8 Å². The van der Waals surface area contributed by atoms with Crippen molar-refractivity contribution in [2.24, 2.45) is 17.8 Å². The van der Waals surface area contributed by atoms with Crippen molar-refractivity contribution in [1.82, 2.24) is 15.2 Å². The number of amides is 1. The Morgan fingerprint density at radius 3 is 2.50 bits per heavy atom. The van der Waals surface area contributed by atoms with Crippen LogP contribution in [0, 0.1) is 17.8 Å². The number of hydrogen-bond donors (Lipinski definition) is 3. The molecule has 4 atom stereocenters. The van der Waals surface area contributed by atoms with Gasteiger partial charge in [0.05, 0.1) is 22.9 Å². The molecule has 4 aliphatic carbocycles. The fourth-order valence-corrected chi connectivity index (χ4v) is 6.09. The summed E-state index contributed by atoms with van der Waals surface area (Å²) in [7, 11) is 0. The maximum atomic E-state index is 13.4. The zero-order valence-corrected chi connectivity index (χ0v) is 18.8. The summed E-state index contributed by atoms with van der Waals surface area (Å²) < 4.78 is 41.1. The fraction of sp³-hybridized carbons (Fsp3) is 0.520. The Morgan fingerprint density at radius 2 is 1.88 bits per heavy atom. The SMILES string of the molecule is C[C@@H](NC(=O)c1cn(C23CC(C2)C3)c(=O)cc1N[C@H]1[C@@H]2CNC[C@@H]21)c1cccc(C(F)(F)F)c1. The standard InChI is InChI=1S/C25H27F3N4O2/c1-13(15-3-2-4-16(5-15)25(26,27)28)30-23(34)19-12-32(24-7-14(8-24)9-24)21(33)6-20(19)31-22-17-10-29-11-18(17)22/h2-6,12-14,17-18,22,29,31H,7-11H2,1H3,(H,30,34)/t13-,14?,17-,18+,22+,24?/m1/s1. The van der Waals surface area contributed by atoms with Gasteiger partial charge >= 0.3 is 6.18 Å². The quantitative estimate of drug-likeness (QED) is 0.602. The second-order valence-corrected chi connectivity index (χ2v) is 10.5. The molecule has 0 spiro atoms. The van der Waals surface area contributed by atoms with Gasteiger partial charge in [0.1, 0.15) is 0 Å². The number of nitrogens with zero attached hydrogens (tertiary/aromatic N) is 1. The van der Waals surface area contributed by atoms with E-state index in [2.05, 4.69) is 16.0 Å². The third kappa shape index (κ3) is 3.43. The van der Waals surface area contributed by atoms with Crippen molar-refractivity contribution < 1.29 is 18.0 Å². The molecular weight excluding hydrogens is 445 g/mol. The van der Waals surface area contributed by atoms with Crippen LogP contribution in [0.25, 0.3) is 0 Å². The van der Waals surface area contributed by atoms with Gasteiger partial charge in [0.2, 0.25) is 0 Å². The lowest BCUT2D eigenvalue weighted by molar-refractivity contribution is -0.137. The largest absolute Gasteiger partial charge is 0.416 e. The highest BCUT2D eigenvalue weighted by atomic mass is 19.4. The maximum Gasteiger partial charge on any atom is 0.416 e. The number of benzene rings is 1. The minimum Gasteiger partial charge on any atom is -0.381 e. The summed E-state index contributed by atoms with van der Waals surface area (Å²) in [5.41, 5.74) is 0.184. The summed E-state index contributed by atoms with van der Waals surface area (Å²) >= 11 is 0. The summed E-state index contributed by atoms with van der Waals surface area (Å²) in [6.45, 7) is 3.49. The Kier molecular flexibility index (Phi) is 4.69. The van der Waals surface area contributed by atoms with Gasteiger partial charge in [-0.05, 0) is 61.6 Å². The van der Waals surface area contributed by atoms with Crippen LogP contribution in [-0.2, 0) is 11.7 Å². The van der Waals surface area contributed by atoms with Crippen LogP contribution in [0.15, 0.2) is 41.3 Å². The molecule has 3 N–H and O–H groups in total. The van der Waals surface area contributed by atoms with Crippen molar-refractivity contribution in [2.45, 2.75) is 50.0 Å². The van der Waals surface area contributed by atoms with Crippen LogP contribution < -0.4 is 21.5 Å². The fourth-order valence-electron chi connectivity index (χ4n) is 6.09. The van der Waals surface area contributed by atoms with E-state index in [-0.39, 0.29) is 17.1 Å². The van der Waals surface area contributed by atoms with Crippen molar-refractivity contribution >= 4 is 11.6 Å². The van der Waals surface area contributed by atoms with Crippen molar-refractivity contribution in [3.8, 4) is 0 Å². The molecule has 0 unspecified atom stereocenters. The number of carbonyl (C=O) groups excluding carboxylic acids is 1. The molecule has 4 saturated carbocycles. The smallest absolute Gasteiger partial charge is 0.381 e. The van der Waals surface area contributed by atoms with E-state index in [0.717, 1.165) is 44.5 Å². The molecule has 180 valence electrons. The Balaban J connectivity index is 1.28. The van der Waals surface area contributed by atoms with E-state index >= 15 is 0 Å². The second kappa shape index (κ2) is 7.34. The lowest BCUT2D eigenvalue weighted by Crippen LogP contribution is -2.62. The summed E-state index contributed by atoms with van der Waals surface area (Å²) in [5.74, 6) is 1.23. The van der Waals surface area contributed by atoms with Crippen molar-refractivity contribution in [2.75, 3.05) is 18.4 Å². The van der Waals surface area contributed by atoms with Gasteiger partial charge in [0.15, 0.2) is 0 Å². The zero-order chi connectivity index (χ0) is 23.8. The normalized spacial score (nSPS) is 31.6. The topological polar surface area (TPSA) is 75.2 Å². The first-order valence-electron chi connectivity index (χ1n) is 11.9. The van der Waals surface area contributed by atoms with Crippen LogP contribution in [0.2, 0.25) is 0 Å². The molecule has 2 bridgehead atoms. The molecule has 1 amide bonds. The van der Waals surface area contributed by atoms with Crippen LogP contribution in [0.5, 0.6) is 0 Å². The Labute approximate surface area is 194 Å². The molecule has 2 aromatic rings. The third-order valence-corrected chi connectivity index (χ3v) is 8.29. The number of anilines is 1. The molecule has 5 fully saturated rings. The highest BCUT2D eigenvalue weighted by Gasteiger charge is 2.58.